The Kier molecular flexibility index (Phi) is 4.16. The molecule has 0 saturated carbocycles. The molecule has 0 spiro atoms. The first kappa shape index (κ1) is 14.1. The normalized spacial score (nSPS) is 19.4. The van der Waals surface area contributed by atoms with E-state index in [9.17, 15) is 13.2 Å². The predicted octanol–water partition coefficient (Wildman–Crippen LogP) is 5.12. The molecular weight excluding hydrogens is 316 g/mol. The van der Waals surface area contributed by atoms with Crippen molar-refractivity contribution in [1.29, 1.82) is 0 Å². The van der Waals surface area contributed by atoms with Crippen LogP contribution in [0.2, 0.25) is 9.26 Å². The predicted molar refractivity (Wildman–Crippen MR) is 64.0 cm³/mol. The topological polar surface area (TPSA) is 0 Å². The first-order valence-electron chi connectivity index (χ1n) is 6.04. The Labute approximate surface area is 114 Å². The minimum absolute atomic E-state index is 0.464. The molecule has 2 rings (SSSR count). The van der Waals surface area contributed by atoms with Gasteiger partial charge in [-0.15, -0.1) is 0 Å². The van der Waals surface area contributed by atoms with E-state index in [0.29, 0.717) is 12.0 Å². The van der Waals surface area contributed by atoms with E-state index < -0.39 is 34.3 Å². The van der Waals surface area contributed by atoms with Gasteiger partial charge in [-0.05, 0) is 0 Å². The fourth-order valence-electron chi connectivity index (χ4n) is 2.48. The zero-order valence-electron chi connectivity index (χ0n) is 10.6. The van der Waals surface area contributed by atoms with Gasteiger partial charge in [0.25, 0.3) is 0 Å². The van der Waals surface area contributed by atoms with Crippen molar-refractivity contribution in [3.63, 3.8) is 0 Å². The van der Waals surface area contributed by atoms with Gasteiger partial charge in [-0.2, -0.15) is 0 Å². The van der Waals surface area contributed by atoms with E-state index in [1.54, 1.807) is 6.08 Å². The van der Waals surface area contributed by atoms with Crippen LogP contribution < -0.4 is 0 Å². The molecule has 0 aromatic heterocycles. The SMILES string of the molecule is [CH3][Zr]([CH3])[C]1=C(C2=C(CC(F)(F)F)C=CC2)C=CC1. The number of hydrogen-bond donors (Lipinski definition) is 0. The summed E-state index contributed by atoms with van der Waals surface area (Å²) in [7, 11) is 0. The van der Waals surface area contributed by atoms with Crippen LogP contribution in [0.15, 0.2) is 44.3 Å². The fourth-order valence-corrected chi connectivity index (χ4v) is 5.67. The van der Waals surface area contributed by atoms with Gasteiger partial charge in [0.15, 0.2) is 0 Å². The summed E-state index contributed by atoms with van der Waals surface area (Å²) in [6.07, 6.45) is 4.32. The number of rotatable bonds is 3. The summed E-state index contributed by atoms with van der Waals surface area (Å²) < 4.78 is 43.6. The molecule has 4 heteroatoms. The Balaban J connectivity index is 2.34. The molecule has 0 fully saturated rings. The third kappa shape index (κ3) is 3.14. The monoisotopic (exact) mass is 331 g/mol. The van der Waals surface area contributed by atoms with Gasteiger partial charge in [-0.3, -0.25) is 0 Å². The molecule has 0 N–H and O–H groups in total. The zero-order valence-corrected chi connectivity index (χ0v) is 13.0. The Morgan fingerprint density at radius 3 is 2.39 bits per heavy atom. The first-order chi connectivity index (χ1) is 8.38. The third-order valence-corrected chi connectivity index (χ3v) is 7.41. The van der Waals surface area contributed by atoms with E-state index in [1.165, 1.54) is 3.28 Å². The molecule has 0 aromatic carbocycles. The number of halogens is 3. The van der Waals surface area contributed by atoms with Gasteiger partial charge in [-0.25, -0.2) is 0 Å². The van der Waals surface area contributed by atoms with Gasteiger partial charge in [0, 0.05) is 0 Å². The van der Waals surface area contributed by atoms with Crippen molar-refractivity contribution in [3.05, 3.63) is 44.3 Å². The molecule has 97 valence electrons. The van der Waals surface area contributed by atoms with Crippen molar-refractivity contribution in [2.24, 2.45) is 0 Å². The van der Waals surface area contributed by atoms with Crippen molar-refractivity contribution < 1.29 is 34.9 Å². The maximum atomic E-state index is 12.5. The van der Waals surface area contributed by atoms with Crippen LogP contribution >= 0.6 is 0 Å². The molecule has 0 aromatic rings. The summed E-state index contributed by atoms with van der Waals surface area (Å²) in [5.41, 5.74) is 2.50. The molecule has 2 aliphatic rings. The number of hydrogen-bond acceptors (Lipinski definition) is 0. The van der Waals surface area contributed by atoms with Crippen LogP contribution in [-0.2, 0) is 21.8 Å². The maximum absolute atomic E-state index is 12.5. The van der Waals surface area contributed by atoms with Crippen molar-refractivity contribution in [1.82, 2.24) is 0 Å². The molecule has 0 radical (unpaired) electrons. The van der Waals surface area contributed by atoms with Gasteiger partial charge in [0.1, 0.15) is 0 Å². The fraction of sp³-hybridized carbons (Fsp3) is 0.429. The molecule has 0 saturated heterocycles. The van der Waals surface area contributed by atoms with Crippen LogP contribution in [0.3, 0.4) is 0 Å². The van der Waals surface area contributed by atoms with E-state index in [-0.39, 0.29) is 0 Å². The molecule has 18 heavy (non-hydrogen) atoms. The molecule has 0 nitrogen and oxygen atoms in total. The Hall–Kier alpha value is -0.367. The second kappa shape index (κ2) is 5.32. The molecule has 0 bridgehead atoms. The summed E-state index contributed by atoms with van der Waals surface area (Å²) in [6, 6.07) is 0. The second-order valence-electron chi connectivity index (χ2n) is 4.90. The van der Waals surface area contributed by atoms with Gasteiger partial charge in [-0.1, -0.05) is 0 Å². The van der Waals surface area contributed by atoms with E-state index in [1.807, 2.05) is 12.2 Å². The van der Waals surface area contributed by atoms with Crippen LogP contribution in [0.4, 0.5) is 13.2 Å². The number of allylic oxidation sites excluding steroid dienone is 8. The van der Waals surface area contributed by atoms with E-state index in [2.05, 4.69) is 15.3 Å². The summed E-state index contributed by atoms with van der Waals surface area (Å²) in [6.45, 7) is 0. The Morgan fingerprint density at radius 1 is 1.11 bits per heavy atom. The molecule has 0 atom stereocenters. The van der Waals surface area contributed by atoms with Crippen LogP contribution in [0.1, 0.15) is 19.3 Å². The summed E-state index contributed by atoms with van der Waals surface area (Å²) in [4.78, 5) is 0. The third-order valence-electron chi connectivity index (χ3n) is 3.28. The molecule has 2 aliphatic carbocycles. The minimum atomic E-state index is -4.11. The molecule has 0 aliphatic heterocycles. The van der Waals surface area contributed by atoms with Gasteiger partial charge < -0.3 is 0 Å². The van der Waals surface area contributed by atoms with E-state index >= 15 is 0 Å². The van der Waals surface area contributed by atoms with Crippen LogP contribution in [0.25, 0.3) is 0 Å². The molecule has 0 unspecified atom stereocenters. The molecule has 0 heterocycles. The Bertz CT molecular complexity index is 462. The summed E-state index contributed by atoms with van der Waals surface area (Å²) >= 11 is -1.50. The van der Waals surface area contributed by atoms with Gasteiger partial charge in [0.2, 0.25) is 0 Å². The van der Waals surface area contributed by atoms with Crippen LogP contribution in [0, 0.1) is 0 Å². The van der Waals surface area contributed by atoms with Crippen molar-refractivity contribution in [2.75, 3.05) is 0 Å². The molecule has 0 amide bonds. The molecular formula is C14H16F3Zr. The van der Waals surface area contributed by atoms with E-state index in [4.69, 9.17) is 0 Å². The van der Waals surface area contributed by atoms with Crippen molar-refractivity contribution in [3.8, 4) is 0 Å². The number of alkyl halides is 3. The van der Waals surface area contributed by atoms with E-state index in [0.717, 1.165) is 17.6 Å². The average Bonchev–Trinajstić information content (AvgIpc) is 2.81. The van der Waals surface area contributed by atoms with Crippen molar-refractivity contribution in [2.45, 2.75) is 34.7 Å². The van der Waals surface area contributed by atoms with Gasteiger partial charge in [0.05, 0.1) is 0 Å². The first-order valence-corrected chi connectivity index (χ1v) is 12.2. The van der Waals surface area contributed by atoms with Crippen molar-refractivity contribution >= 4 is 0 Å². The average molecular weight is 333 g/mol. The summed E-state index contributed by atoms with van der Waals surface area (Å²) in [5.74, 6) is 0. The van der Waals surface area contributed by atoms with Crippen LogP contribution in [0.5, 0.6) is 0 Å². The van der Waals surface area contributed by atoms with Crippen LogP contribution in [-0.4, -0.2) is 6.18 Å². The Morgan fingerprint density at radius 2 is 1.78 bits per heavy atom. The standard InChI is InChI=1S/C12H10F3.2CH3.Zr/c13-12(14,15)8-10-6-3-7-11(10)9-4-1-2-5-9;;;/h1,3-4,6H,2,7-8H2;2*1H3;. The zero-order chi connectivity index (χ0) is 13.3. The quantitative estimate of drug-likeness (QED) is 0.672. The van der Waals surface area contributed by atoms with Gasteiger partial charge >= 0.3 is 114 Å². The second-order valence-corrected chi connectivity index (χ2v) is 11.3. The summed E-state index contributed by atoms with van der Waals surface area (Å²) in [5, 5.41) is 0.